The SMILES string of the molecule is CC/C=C\C/C=C\C/C=C\C/C=C\C/C=C\CCCCCC(=O)OC[C@H](COP(=O)(O)OC[C@@H](O)COP(=O)(O)OC[C@@H](COC(=O)CCCCCCC/C=C\CCCCCCCC)OC(=O)CCCCCCCCCCCCCCCCC)OC(=O)CC/C=C\C/C=C\C/C=C\C/C=C\C/C=C\CCCCC. The first kappa shape index (κ1) is 103. The Hall–Kier alpha value is -4.80. The molecule has 5 atom stereocenters. The molecule has 0 amide bonds. The van der Waals surface area contributed by atoms with Gasteiger partial charge in [-0.3, -0.25) is 37.3 Å². The van der Waals surface area contributed by atoms with Crippen LogP contribution in [0.4, 0.5) is 0 Å². The van der Waals surface area contributed by atoms with E-state index in [0.29, 0.717) is 32.1 Å². The first-order chi connectivity index (χ1) is 52.7. The molecular formula is C89H152O17P2. The highest BCUT2D eigenvalue weighted by atomic mass is 31.2. The Balaban J connectivity index is 5.48. The van der Waals surface area contributed by atoms with Crippen LogP contribution in [-0.2, 0) is 65.4 Å². The number of phosphoric ester groups is 2. The number of rotatable bonds is 79. The summed E-state index contributed by atoms with van der Waals surface area (Å²) in [6.07, 6.45) is 91.5. The molecule has 108 heavy (non-hydrogen) atoms. The molecule has 19 heteroatoms. The van der Waals surface area contributed by atoms with Crippen LogP contribution in [-0.4, -0.2) is 96.7 Å². The summed E-state index contributed by atoms with van der Waals surface area (Å²) < 4.78 is 68.7. The van der Waals surface area contributed by atoms with Crippen molar-refractivity contribution in [3.8, 4) is 0 Å². The summed E-state index contributed by atoms with van der Waals surface area (Å²) in [5.41, 5.74) is 0. The molecule has 620 valence electrons. The van der Waals surface area contributed by atoms with Crippen molar-refractivity contribution in [1.29, 1.82) is 0 Å². The summed E-state index contributed by atoms with van der Waals surface area (Å²) in [6.45, 7) is 4.64. The molecule has 0 aromatic carbocycles. The largest absolute Gasteiger partial charge is 0.472 e. The Bertz CT molecular complexity index is 2560. The number of hydrogen-bond acceptors (Lipinski definition) is 15. The van der Waals surface area contributed by atoms with Gasteiger partial charge in [-0.25, -0.2) is 9.13 Å². The summed E-state index contributed by atoms with van der Waals surface area (Å²) in [7, 11) is -10.0. The van der Waals surface area contributed by atoms with Gasteiger partial charge >= 0.3 is 39.5 Å². The quantitative estimate of drug-likeness (QED) is 0.0169. The zero-order valence-corrected chi connectivity index (χ0v) is 69.8. The number of aliphatic hydroxyl groups is 1. The van der Waals surface area contributed by atoms with Crippen LogP contribution in [0.25, 0.3) is 0 Å². The van der Waals surface area contributed by atoms with E-state index in [9.17, 15) is 43.2 Å². The van der Waals surface area contributed by atoms with Crippen molar-refractivity contribution in [3.05, 3.63) is 134 Å². The van der Waals surface area contributed by atoms with Crippen LogP contribution in [0.15, 0.2) is 134 Å². The van der Waals surface area contributed by atoms with E-state index in [0.717, 1.165) is 141 Å². The van der Waals surface area contributed by atoms with Gasteiger partial charge in [0.05, 0.1) is 26.4 Å². The van der Waals surface area contributed by atoms with E-state index in [1.54, 1.807) is 0 Å². The van der Waals surface area contributed by atoms with Gasteiger partial charge in [0.1, 0.15) is 19.3 Å². The van der Waals surface area contributed by atoms with Crippen LogP contribution in [0.2, 0.25) is 0 Å². The van der Waals surface area contributed by atoms with Gasteiger partial charge in [-0.15, -0.1) is 0 Å². The van der Waals surface area contributed by atoms with E-state index in [1.807, 2.05) is 18.2 Å². The Labute approximate surface area is 656 Å². The van der Waals surface area contributed by atoms with Gasteiger partial charge in [-0.1, -0.05) is 322 Å². The van der Waals surface area contributed by atoms with Gasteiger partial charge in [0, 0.05) is 25.7 Å². The van der Waals surface area contributed by atoms with Crippen molar-refractivity contribution in [2.45, 2.75) is 367 Å². The molecule has 0 bridgehead atoms. The number of aliphatic hydroxyl groups excluding tert-OH is 1. The molecule has 2 unspecified atom stereocenters. The number of hydrogen-bond donors (Lipinski definition) is 3. The van der Waals surface area contributed by atoms with Crippen LogP contribution in [0, 0.1) is 0 Å². The number of unbranched alkanes of at least 4 members (excludes halogenated alkanes) is 31. The number of allylic oxidation sites excluding steroid dienone is 22. The predicted octanol–water partition coefficient (Wildman–Crippen LogP) is 25.2. The molecule has 0 aliphatic carbocycles. The molecule has 17 nitrogen and oxygen atoms in total. The van der Waals surface area contributed by atoms with E-state index in [2.05, 4.69) is 143 Å². The lowest BCUT2D eigenvalue weighted by atomic mass is 10.0. The molecule has 3 N–H and O–H groups in total. The Morgan fingerprint density at radius 3 is 0.833 bits per heavy atom. The lowest BCUT2D eigenvalue weighted by Crippen LogP contribution is -2.30. The maximum Gasteiger partial charge on any atom is 0.472 e. The van der Waals surface area contributed by atoms with Crippen molar-refractivity contribution in [1.82, 2.24) is 0 Å². The van der Waals surface area contributed by atoms with Gasteiger partial charge in [0.2, 0.25) is 0 Å². The molecule has 0 spiro atoms. The second kappa shape index (κ2) is 80.3. The third-order valence-corrected chi connectivity index (χ3v) is 19.5. The smallest absolute Gasteiger partial charge is 0.462 e. The summed E-state index contributed by atoms with van der Waals surface area (Å²) in [5.74, 6) is -2.31. The van der Waals surface area contributed by atoms with Crippen LogP contribution in [0.1, 0.15) is 349 Å². The minimum absolute atomic E-state index is 0.0392. The van der Waals surface area contributed by atoms with E-state index in [-0.39, 0.29) is 25.7 Å². The summed E-state index contributed by atoms with van der Waals surface area (Å²) in [4.78, 5) is 73.2. The molecule has 0 rings (SSSR count). The lowest BCUT2D eigenvalue weighted by molar-refractivity contribution is -0.161. The normalized spacial score (nSPS) is 14.5. The van der Waals surface area contributed by atoms with Crippen molar-refractivity contribution in [2.24, 2.45) is 0 Å². The van der Waals surface area contributed by atoms with Crippen molar-refractivity contribution in [2.75, 3.05) is 39.6 Å². The van der Waals surface area contributed by atoms with E-state index in [1.165, 1.54) is 122 Å². The summed E-state index contributed by atoms with van der Waals surface area (Å²) in [6, 6.07) is 0. The Morgan fingerprint density at radius 1 is 0.269 bits per heavy atom. The fraction of sp³-hybridized carbons (Fsp3) is 0.708. The molecule has 0 aromatic heterocycles. The summed E-state index contributed by atoms with van der Waals surface area (Å²) >= 11 is 0. The highest BCUT2D eigenvalue weighted by molar-refractivity contribution is 7.47. The second-order valence-electron chi connectivity index (χ2n) is 28.0. The third kappa shape index (κ3) is 79.3. The van der Waals surface area contributed by atoms with Crippen LogP contribution in [0.3, 0.4) is 0 Å². The first-order valence-electron chi connectivity index (χ1n) is 42.4. The molecular weight excluding hydrogens is 1400 g/mol. The van der Waals surface area contributed by atoms with Crippen LogP contribution in [0.5, 0.6) is 0 Å². The number of ether oxygens (including phenoxy) is 4. The maximum absolute atomic E-state index is 13.1. The van der Waals surface area contributed by atoms with Gasteiger partial charge in [-0.2, -0.15) is 0 Å². The lowest BCUT2D eigenvalue weighted by Gasteiger charge is -2.21. The van der Waals surface area contributed by atoms with Crippen molar-refractivity contribution >= 4 is 39.5 Å². The monoisotopic (exact) mass is 1560 g/mol. The highest BCUT2D eigenvalue weighted by Gasteiger charge is 2.30. The number of carbonyl (C=O) groups excluding carboxylic acids is 4. The Kier molecular flexibility index (Phi) is 76.7. The second-order valence-corrected chi connectivity index (χ2v) is 30.9. The minimum atomic E-state index is -5.01. The van der Waals surface area contributed by atoms with Crippen LogP contribution >= 0.6 is 15.6 Å². The fourth-order valence-corrected chi connectivity index (χ4v) is 12.7. The molecule has 0 aromatic rings. The van der Waals surface area contributed by atoms with E-state index in [4.69, 9.17) is 37.0 Å². The first-order valence-corrected chi connectivity index (χ1v) is 45.4. The van der Waals surface area contributed by atoms with Gasteiger partial charge in [-0.05, 0) is 135 Å². The zero-order chi connectivity index (χ0) is 78.9. The average Bonchev–Trinajstić information content (AvgIpc) is 0.896. The molecule has 0 aliphatic rings. The maximum atomic E-state index is 13.1. The highest BCUT2D eigenvalue weighted by Crippen LogP contribution is 2.45. The average molecular weight is 1560 g/mol. The van der Waals surface area contributed by atoms with E-state index >= 15 is 0 Å². The van der Waals surface area contributed by atoms with Crippen LogP contribution < -0.4 is 0 Å². The molecule has 0 saturated heterocycles. The van der Waals surface area contributed by atoms with E-state index < -0.39 is 97.5 Å². The molecule has 0 saturated carbocycles. The number of esters is 4. The number of carbonyl (C=O) groups is 4. The molecule has 0 radical (unpaired) electrons. The standard InChI is InChI=1S/C89H152O17P2/c1-5-9-13-17-21-25-29-33-37-39-41-43-47-50-54-58-62-66-70-74-87(92)100-80-85(106-89(94)76-72-68-64-60-56-52-48-44-42-40-38-34-30-26-22-18-14-10-6-2)82-104-108(97,98)102-78-83(90)77-101-107(95,96)103-81-84(105-88(93)75-71-67-63-59-55-51-46-36-32-28-24-20-16-12-8-4)79-99-86(91)73-69-65-61-57-53-49-45-35-31-27-23-19-15-11-7-3/h9,13,21-22,25-26,33-35,37-38,41-45,50,52,54,56,64,68,83-85,90H,5-8,10-12,14-20,23-24,27-32,36,39-40,46-49,51,53,55,57-63,65-67,69-82H2,1-4H3,(H,95,96)(H,97,98)/b13-9-,25-21-,26-22-,37-33-,38-34-,43-41-,44-42-,45-35-,54-50-,56-52-,68-64-/t83-,84+,85+/m0/s1. The third-order valence-electron chi connectivity index (χ3n) is 17.6. The predicted molar refractivity (Wildman–Crippen MR) is 445 cm³/mol. The minimum Gasteiger partial charge on any atom is -0.462 e. The van der Waals surface area contributed by atoms with Gasteiger partial charge < -0.3 is 33.8 Å². The Morgan fingerprint density at radius 2 is 0.500 bits per heavy atom. The molecule has 0 heterocycles. The van der Waals surface area contributed by atoms with Crippen molar-refractivity contribution < 1.29 is 80.2 Å². The topological polar surface area (TPSA) is 237 Å². The van der Waals surface area contributed by atoms with Gasteiger partial charge in [0.15, 0.2) is 12.2 Å². The zero-order valence-electron chi connectivity index (χ0n) is 68.0. The fourth-order valence-electron chi connectivity index (χ4n) is 11.2. The van der Waals surface area contributed by atoms with Gasteiger partial charge in [0.25, 0.3) is 0 Å². The molecule has 0 aliphatic heterocycles. The number of phosphoric acid groups is 2. The van der Waals surface area contributed by atoms with Crippen molar-refractivity contribution in [3.63, 3.8) is 0 Å². The molecule has 0 fully saturated rings. The summed E-state index contributed by atoms with van der Waals surface area (Å²) in [5, 5.41) is 10.7.